The molecule has 106 valence electrons. The standard InChI is InChI=1S/C10H10N10S/c1-6-2-3-13-9(15-6)21-10-17-7(19-11)16-8(18-10)20-5-12-4-14-20/h2-5H,11H2,1H3,(H,16,17,18,19). The van der Waals surface area contributed by atoms with Gasteiger partial charge in [0.15, 0.2) is 5.16 Å². The van der Waals surface area contributed by atoms with Gasteiger partial charge in [-0.2, -0.15) is 24.7 Å². The lowest BCUT2D eigenvalue weighted by molar-refractivity contribution is 0.757. The monoisotopic (exact) mass is 302 g/mol. The molecule has 10 nitrogen and oxygen atoms in total. The minimum Gasteiger partial charge on any atom is -0.292 e. The van der Waals surface area contributed by atoms with Crippen LogP contribution in [0, 0.1) is 6.92 Å². The molecule has 0 radical (unpaired) electrons. The van der Waals surface area contributed by atoms with Crippen LogP contribution in [-0.2, 0) is 0 Å². The summed E-state index contributed by atoms with van der Waals surface area (Å²) >= 11 is 1.20. The molecule has 3 aromatic rings. The number of rotatable bonds is 4. The number of anilines is 1. The number of hydrazine groups is 1. The Labute approximate surface area is 123 Å². The molecular formula is C10H10N10S. The highest BCUT2D eigenvalue weighted by Gasteiger charge is 2.11. The van der Waals surface area contributed by atoms with E-state index in [0.717, 1.165) is 5.69 Å². The van der Waals surface area contributed by atoms with Gasteiger partial charge in [-0.05, 0) is 24.8 Å². The normalized spacial score (nSPS) is 10.6. The molecule has 11 heteroatoms. The van der Waals surface area contributed by atoms with E-state index in [-0.39, 0.29) is 5.95 Å². The van der Waals surface area contributed by atoms with Crippen LogP contribution in [0.15, 0.2) is 35.2 Å². The zero-order valence-corrected chi connectivity index (χ0v) is 11.7. The molecule has 0 saturated heterocycles. The number of nitrogen functional groups attached to an aromatic ring is 1. The molecule has 0 aliphatic heterocycles. The number of nitrogens with two attached hydrogens (primary N) is 1. The first-order valence-corrected chi connectivity index (χ1v) is 6.61. The van der Waals surface area contributed by atoms with E-state index in [4.69, 9.17) is 5.84 Å². The van der Waals surface area contributed by atoms with Crippen LogP contribution in [0.5, 0.6) is 0 Å². The van der Waals surface area contributed by atoms with Crippen LogP contribution in [-0.4, -0.2) is 39.7 Å². The molecule has 0 amide bonds. The molecule has 0 bridgehead atoms. The average Bonchev–Trinajstić information content (AvgIpc) is 3.01. The van der Waals surface area contributed by atoms with Crippen LogP contribution in [0.3, 0.4) is 0 Å². The van der Waals surface area contributed by atoms with Crippen LogP contribution >= 0.6 is 11.8 Å². The first kappa shape index (κ1) is 13.3. The van der Waals surface area contributed by atoms with Gasteiger partial charge in [0.2, 0.25) is 11.1 Å². The molecule has 0 aromatic carbocycles. The maximum Gasteiger partial charge on any atom is 0.257 e. The molecular weight excluding hydrogens is 292 g/mol. The Kier molecular flexibility index (Phi) is 3.66. The van der Waals surface area contributed by atoms with E-state index >= 15 is 0 Å². The molecule has 0 unspecified atom stereocenters. The van der Waals surface area contributed by atoms with Gasteiger partial charge in [-0.25, -0.2) is 20.8 Å². The molecule has 0 atom stereocenters. The number of nitrogens with zero attached hydrogens (tertiary/aromatic N) is 8. The summed E-state index contributed by atoms with van der Waals surface area (Å²) in [5.41, 5.74) is 3.25. The van der Waals surface area contributed by atoms with E-state index in [0.29, 0.717) is 16.3 Å². The molecule has 3 N–H and O–H groups in total. The van der Waals surface area contributed by atoms with E-state index in [1.807, 2.05) is 13.0 Å². The SMILES string of the molecule is Cc1ccnc(Sc2nc(NN)nc(-n3cncn3)n2)n1. The quantitative estimate of drug-likeness (QED) is 0.385. The summed E-state index contributed by atoms with van der Waals surface area (Å²) in [6.45, 7) is 1.88. The van der Waals surface area contributed by atoms with Gasteiger partial charge in [0, 0.05) is 11.9 Å². The lowest BCUT2D eigenvalue weighted by atomic mass is 10.5. The minimum atomic E-state index is 0.214. The van der Waals surface area contributed by atoms with Gasteiger partial charge in [0.25, 0.3) is 5.95 Å². The Morgan fingerprint density at radius 2 is 2.10 bits per heavy atom. The van der Waals surface area contributed by atoms with Crippen molar-refractivity contribution in [2.24, 2.45) is 5.84 Å². The van der Waals surface area contributed by atoms with E-state index in [2.05, 4.69) is 40.4 Å². The second-order valence-corrected chi connectivity index (χ2v) is 4.74. The van der Waals surface area contributed by atoms with Gasteiger partial charge in [-0.15, -0.1) is 0 Å². The first-order valence-electron chi connectivity index (χ1n) is 5.80. The fourth-order valence-electron chi connectivity index (χ4n) is 1.43. The summed E-state index contributed by atoms with van der Waals surface area (Å²) in [6, 6.07) is 1.81. The lowest BCUT2D eigenvalue weighted by Crippen LogP contribution is -2.14. The van der Waals surface area contributed by atoms with Crippen molar-refractivity contribution in [2.45, 2.75) is 17.2 Å². The molecule has 0 fully saturated rings. The summed E-state index contributed by atoms with van der Waals surface area (Å²) in [6.07, 6.45) is 4.54. The zero-order chi connectivity index (χ0) is 14.7. The summed E-state index contributed by atoms with van der Waals surface area (Å²) in [5.74, 6) is 5.88. The Balaban J connectivity index is 1.96. The summed E-state index contributed by atoms with van der Waals surface area (Å²) in [4.78, 5) is 24.8. The summed E-state index contributed by atoms with van der Waals surface area (Å²) in [7, 11) is 0. The molecule has 0 spiro atoms. The molecule has 0 saturated carbocycles. The molecule has 3 rings (SSSR count). The Morgan fingerprint density at radius 1 is 1.19 bits per heavy atom. The zero-order valence-electron chi connectivity index (χ0n) is 10.9. The van der Waals surface area contributed by atoms with Gasteiger partial charge < -0.3 is 0 Å². The van der Waals surface area contributed by atoms with Crippen molar-refractivity contribution in [3.05, 3.63) is 30.6 Å². The van der Waals surface area contributed by atoms with Crippen molar-refractivity contribution >= 4 is 17.7 Å². The van der Waals surface area contributed by atoms with Gasteiger partial charge in [-0.3, -0.25) is 5.43 Å². The maximum absolute atomic E-state index is 5.37. The molecule has 3 aromatic heterocycles. The Hall–Kier alpha value is -2.66. The lowest BCUT2D eigenvalue weighted by Gasteiger charge is -2.05. The van der Waals surface area contributed by atoms with Crippen LogP contribution in [0.4, 0.5) is 5.95 Å². The Morgan fingerprint density at radius 3 is 2.81 bits per heavy atom. The van der Waals surface area contributed by atoms with E-state index in [9.17, 15) is 0 Å². The number of hydrogen-bond donors (Lipinski definition) is 2. The van der Waals surface area contributed by atoms with Crippen LogP contribution < -0.4 is 11.3 Å². The van der Waals surface area contributed by atoms with Crippen molar-refractivity contribution in [2.75, 3.05) is 5.43 Å². The third-order valence-electron chi connectivity index (χ3n) is 2.31. The van der Waals surface area contributed by atoms with Crippen LogP contribution in [0.25, 0.3) is 5.95 Å². The largest absolute Gasteiger partial charge is 0.292 e. The van der Waals surface area contributed by atoms with Crippen molar-refractivity contribution in [3.8, 4) is 5.95 Å². The molecule has 21 heavy (non-hydrogen) atoms. The van der Waals surface area contributed by atoms with Gasteiger partial charge in [0.05, 0.1) is 0 Å². The molecule has 3 heterocycles. The predicted molar refractivity (Wildman–Crippen MR) is 73.4 cm³/mol. The fraction of sp³-hybridized carbons (Fsp3) is 0.100. The van der Waals surface area contributed by atoms with Gasteiger partial charge >= 0.3 is 0 Å². The highest BCUT2D eigenvalue weighted by Crippen LogP contribution is 2.21. The third-order valence-corrected chi connectivity index (χ3v) is 3.06. The van der Waals surface area contributed by atoms with Gasteiger partial charge in [-0.1, -0.05) is 0 Å². The van der Waals surface area contributed by atoms with E-state index in [1.54, 1.807) is 6.20 Å². The van der Waals surface area contributed by atoms with Crippen molar-refractivity contribution in [1.29, 1.82) is 0 Å². The van der Waals surface area contributed by atoms with Gasteiger partial charge in [0.1, 0.15) is 12.7 Å². The topological polar surface area (TPSA) is 133 Å². The van der Waals surface area contributed by atoms with Crippen molar-refractivity contribution < 1.29 is 0 Å². The number of hydrogen-bond acceptors (Lipinski definition) is 10. The summed E-state index contributed by atoms with van der Waals surface area (Å²) < 4.78 is 1.41. The summed E-state index contributed by atoms with van der Waals surface area (Å²) in [5, 5.41) is 4.90. The fourth-order valence-corrected chi connectivity index (χ4v) is 2.15. The van der Waals surface area contributed by atoms with Crippen molar-refractivity contribution in [1.82, 2.24) is 39.7 Å². The third kappa shape index (κ3) is 3.09. The number of nitrogens with one attached hydrogen (secondary N) is 1. The number of aryl methyl sites for hydroxylation is 1. The Bertz CT molecular complexity index is 743. The number of aromatic nitrogens is 8. The molecule has 0 aliphatic rings. The van der Waals surface area contributed by atoms with Crippen molar-refractivity contribution in [3.63, 3.8) is 0 Å². The smallest absolute Gasteiger partial charge is 0.257 e. The first-order chi connectivity index (χ1) is 10.2. The average molecular weight is 302 g/mol. The maximum atomic E-state index is 5.37. The second-order valence-electron chi connectivity index (χ2n) is 3.81. The second kappa shape index (κ2) is 5.76. The van der Waals surface area contributed by atoms with Crippen LogP contribution in [0.1, 0.15) is 5.69 Å². The van der Waals surface area contributed by atoms with E-state index < -0.39 is 0 Å². The highest BCUT2D eigenvalue weighted by molar-refractivity contribution is 7.99. The highest BCUT2D eigenvalue weighted by atomic mass is 32.2. The van der Waals surface area contributed by atoms with Crippen LogP contribution in [0.2, 0.25) is 0 Å². The minimum absolute atomic E-state index is 0.214. The molecule has 0 aliphatic carbocycles. The van der Waals surface area contributed by atoms with E-state index in [1.165, 1.54) is 29.1 Å². The predicted octanol–water partition coefficient (Wildman–Crippen LogP) is -0.0125.